The van der Waals surface area contributed by atoms with Gasteiger partial charge in [0.05, 0.1) is 13.0 Å². The van der Waals surface area contributed by atoms with Crippen LogP contribution in [0.5, 0.6) is 0 Å². The highest BCUT2D eigenvalue weighted by molar-refractivity contribution is 5.72. The highest BCUT2D eigenvalue weighted by Gasteiger charge is 2.64. The Hall–Kier alpha value is -1.85. The lowest BCUT2D eigenvalue weighted by atomic mass is 9.45. The smallest absolute Gasteiger partial charge is 0.309 e. The topological polar surface area (TPSA) is 78.9 Å². The molecule has 0 aromatic carbocycles. The Morgan fingerprint density at radius 3 is 2.38 bits per heavy atom. The fraction of sp³-hybridized carbons (Fsp3) is 0.821. The van der Waals surface area contributed by atoms with Gasteiger partial charge in [0.2, 0.25) is 0 Å². The number of hydrogen-bond donors (Lipinski definition) is 0. The van der Waals surface area contributed by atoms with E-state index in [0.29, 0.717) is 12.8 Å². The lowest BCUT2D eigenvalue weighted by Crippen LogP contribution is -2.65. The summed E-state index contributed by atoms with van der Waals surface area (Å²) in [6, 6.07) is 0. The standard InChI is InChI=1S/C28H46O6/c1-10-18(3)26(31)34-25-24(33-21(6)29)20(5)27(7,15-14-17(2)16-23(30)32-9)22-13-11-12-19(4)28(22,25)8/h12,17-18,20,22,24-25H,10-11,13-16H2,1-9H3. The van der Waals surface area contributed by atoms with Crippen molar-refractivity contribution in [1.82, 2.24) is 0 Å². The fourth-order valence-corrected chi connectivity index (χ4v) is 6.38. The van der Waals surface area contributed by atoms with Crippen molar-refractivity contribution in [3.63, 3.8) is 0 Å². The van der Waals surface area contributed by atoms with E-state index in [0.717, 1.165) is 25.7 Å². The Morgan fingerprint density at radius 1 is 1.18 bits per heavy atom. The van der Waals surface area contributed by atoms with E-state index in [1.54, 1.807) is 0 Å². The van der Waals surface area contributed by atoms with Gasteiger partial charge in [-0.1, -0.05) is 53.2 Å². The van der Waals surface area contributed by atoms with Crippen molar-refractivity contribution < 1.29 is 28.6 Å². The van der Waals surface area contributed by atoms with Crippen LogP contribution in [-0.4, -0.2) is 37.2 Å². The molecule has 2 aliphatic rings. The van der Waals surface area contributed by atoms with Gasteiger partial charge in [0.1, 0.15) is 12.2 Å². The molecule has 8 unspecified atom stereocenters. The van der Waals surface area contributed by atoms with E-state index < -0.39 is 17.6 Å². The maximum Gasteiger partial charge on any atom is 0.309 e. The van der Waals surface area contributed by atoms with Gasteiger partial charge in [-0.25, -0.2) is 0 Å². The van der Waals surface area contributed by atoms with Gasteiger partial charge in [-0.3, -0.25) is 14.4 Å². The molecule has 8 atom stereocenters. The number of carbonyl (C=O) groups is 3. The molecule has 0 spiro atoms. The van der Waals surface area contributed by atoms with Crippen molar-refractivity contribution >= 4 is 17.9 Å². The minimum atomic E-state index is -0.533. The van der Waals surface area contributed by atoms with Crippen molar-refractivity contribution in [2.45, 2.75) is 106 Å². The lowest BCUT2D eigenvalue weighted by Gasteiger charge is -2.62. The zero-order valence-electron chi connectivity index (χ0n) is 22.7. The van der Waals surface area contributed by atoms with E-state index in [-0.39, 0.29) is 47.0 Å². The van der Waals surface area contributed by atoms with Crippen LogP contribution in [0.15, 0.2) is 11.6 Å². The van der Waals surface area contributed by atoms with E-state index in [4.69, 9.17) is 14.2 Å². The predicted molar refractivity (Wildman–Crippen MR) is 132 cm³/mol. The predicted octanol–water partition coefficient (Wildman–Crippen LogP) is 5.87. The molecule has 2 rings (SSSR count). The average Bonchev–Trinajstić information content (AvgIpc) is 2.79. The van der Waals surface area contributed by atoms with Crippen molar-refractivity contribution in [2.24, 2.45) is 34.5 Å². The molecule has 0 aromatic heterocycles. The zero-order valence-corrected chi connectivity index (χ0v) is 22.7. The second kappa shape index (κ2) is 11.3. The van der Waals surface area contributed by atoms with Crippen LogP contribution in [0.4, 0.5) is 0 Å². The third-order valence-corrected chi connectivity index (χ3v) is 9.18. The van der Waals surface area contributed by atoms with Gasteiger partial charge in [-0.05, 0) is 56.3 Å². The Kier molecular flexibility index (Phi) is 9.40. The molecular formula is C28H46O6. The molecule has 1 fully saturated rings. The Balaban J connectivity index is 2.49. The van der Waals surface area contributed by atoms with Gasteiger partial charge >= 0.3 is 17.9 Å². The van der Waals surface area contributed by atoms with Crippen molar-refractivity contribution in [3.8, 4) is 0 Å². The van der Waals surface area contributed by atoms with E-state index in [2.05, 4.69) is 40.7 Å². The molecule has 0 aromatic rings. The second-order valence-corrected chi connectivity index (χ2v) is 11.3. The van der Waals surface area contributed by atoms with E-state index in [1.165, 1.54) is 19.6 Å². The summed E-state index contributed by atoms with van der Waals surface area (Å²) in [5.41, 5.74) is 0.603. The summed E-state index contributed by atoms with van der Waals surface area (Å²) in [6.45, 7) is 16.1. The van der Waals surface area contributed by atoms with Crippen LogP contribution < -0.4 is 0 Å². The third kappa shape index (κ3) is 5.52. The van der Waals surface area contributed by atoms with E-state index in [1.807, 2.05) is 13.8 Å². The molecule has 0 heterocycles. The number of ether oxygens (including phenoxy) is 3. The number of carbonyl (C=O) groups excluding carboxylic acids is 3. The van der Waals surface area contributed by atoms with E-state index >= 15 is 0 Å². The van der Waals surface area contributed by atoms with Gasteiger partial charge in [0.25, 0.3) is 0 Å². The number of fused-ring (bicyclic) bond motifs is 1. The monoisotopic (exact) mass is 478 g/mol. The summed E-state index contributed by atoms with van der Waals surface area (Å²) in [6.07, 6.45) is 6.01. The summed E-state index contributed by atoms with van der Waals surface area (Å²) in [5.74, 6) is -0.558. The summed E-state index contributed by atoms with van der Waals surface area (Å²) in [5, 5.41) is 0. The quantitative estimate of drug-likeness (QED) is 0.234. The number of hydrogen-bond acceptors (Lipinski definition) is 6. The highest BCUT2D eigenvalue weighted by Crippen LogP contribution is 2.63. The normalized spacial score (nSPS) is 34.8. The van der Waals surface area contributed by atoms with Crippen LogP contribution in [0.3, 0.4) is 0 Å². The molecular weight excluding hydrogens is 432 g/mol. The maximum atomic E-state index is 13.0. The summed E-state index contributed by atoms with van der Waals surface area (Å²) in [7, 11) is 1.42. The molecule has 0 amide bonds. The van der Waals surface area contributed by atoms with Gasteiger partial charge in [-0.15, -0.1) is 0 Å². The average molecular weight is 479 g/mol. The van der Waals surface area contributed by atoms with Crippen molar-refractivity contribution in [1.29, 1.82) is 0 Å². The highest BCUT2D eigenvalue weighted by atomic mass is 16.6. The van der Waals surface area contributed by atoms with Crippen molar-refractivity contribution in [2.75, 3.05) is 7.11 Å². The van der Waals surface area contributed by atoms with Gasteiger partial charge < -0.3 is 14.2 Å². The molecule has 194 valence electrons. The summed E-state index contributed by atoms with van der Waals surface area (Å²) < 4.78 is 17.1. The van der Waals surface area contributed by atoms with Crippen LogP contribution in [0, 0.1) is 34.5 Å². The number of methoxy groups -OCH3 is 1. The van der Waals surface area contributed by atoms with E-state index in [9.17, 15) is 14.4 Å². The van der Waals surface area contributed by atoms with Crippen LogP contribution in [0.25, 0.3) is 0 Å². The first-order valence-corrected chi connectivity index (χ1v) is 12.9. The maximum absolute atomic E-state index is 13.0. The fourth-order valence-electron chi connectivity index (χ4n) is 6.38. The molecule has 0 N–H and O–H groups in total. The van der Waals surface area contributed by atoms with Gasteiger partial charge in [-0.2, -0.15) is 0 Å². The largest absolute Gasteiger partial charge is 0.469 e. The lowest BCUT2D eigenvalue weighted by molar-refractivity contribution is -0.225. The van der Waals surface area contributed by atoms with Crippen LogP contribution in [0.1, 0.15) is 93.9 Å². The second-order valence-electron chi connectivity index (χ2n) is 11.3. The molecule has 6 heteroatoms. The molecule has 1 saturated carbocycles. The summed E-state index contributed by atoms with van der Waals surface area (Å²) in [4.78, 5) is 37.0. The Bertz CT molecular complexity index is 788. The first-order chi connectivity index (χ1) is 15.8. The molecule has 6 nitrogen and oxygen atoms in total. The Morgan fingerprint density at radius 2 is 1.82 bits per heavy atom. The molecule has 2 aliphatic carbocycles. The van der Waals surface area contributed by atoms with Crippen LogP contribution in [0.2, 0.25) is 0 Å². The molecule has 0 bridgehead atoms. The number of allylic oxidation sites excluding steroid dienone is 1. The molecule has 34 heavy (non-hydrogen) atoms. The Labute approximate surface area is 206 Å². The van der Waals surface area contributed by atoms with Gasteiger partial charge in [0, 0.05) is 24.7 Å². The van der Waals surface area contributed by atoms with Crippen molar-refractivity contribution in [3.05, 3.63) is 11.6 Å². The molecule has 0 aliphatic heterocycles. The minimum absolute atomic E-state index is 0.0135. The summed E-state index contributed by atoms with van der Waals surface area (Å²) >= 11 is 0. The van der Waals surface area contributed by atoms with Crippen LogP contribution in [-0.2, 0) is 28.6 Å². The number of rotatable bonds is 9. The van der Waals surface area contributed by atoms with Gasteiger partial charge in [0.15, 0.2) is 0 Å². The minimum Gasteiger partial charge on any atom is -0.469 e. The third-order valence-electron chi connectivity index (χ3n) is 9.18. The molecule has 0 radical (unpaired) electrons. The first-order valence-electron chi connectivity index (χ1n) is 12.9. The number of esters is 3. The first kappa shape index (κ1) is 28.4. The molecule has 0 saturated heterocycles. The van der Waals surface area contributed by atoms with Crippen LogP contribution >= 0.6 is 0 Å². The zero-order chi connectivity index (χ0) is 25.8. The SMILES string of the molecule is CCC(C)C(=O)OC1C(OC(C)=O)C(C)C(C)(CCC(C)CC(=O)OC)C2CCC=C(C)C12C.